The van der Waals surface area contributed by atoms with E-state index in [1.807, 2.05) is 19.9 Å². The summed E-state index contributed by atoms with van der Waals surface area (Å²) in [6.07, 6.45) is 2.68. The molecule has 0 N–H and O–H groups in total. The minimum atomic E-state index is 0.0718. The molecule has 0 amide bonds. The maximum atomic E-state index is 8.14. The Morgan fingerprint density at radius 3 is 2.70 bits per heavy atom. The van der Waals surface area contributed by atoms with Gasteiger partial charge in [0.15, 0.2) is 0 Å². The second kappa shape index (κ2) is 4.89. The maximum absolute atomic E-state index is 8.14. The predicted molar refractivity (Wildman–Crippen MR) is 42.6 cm³/mol. The van der Waals surface area contributed by atoms with E-state index in [9.17, 15) is 0 Å². The lowest BCUT2D eigenvalue weighted by Gasteiger charge is -2.11. The van der Waals surface area contributed by atoms with Crippen molar-refractivity contribution in [2.45, 2.75) is 26.3 Å². The van der Waals surface area contributed by atoms with E-state index in [-0.39, 0.29) is 12.0 Å². The molecule has 3 nitrogen and oxygen atoms in total. The fraction of sp³-hybridized carbons (Fsp3) is 0.714. The van der Waals surface area contributed by atoms with Crippen molar-refractivity contribution < 1.29 is 0 Å². The molecule has 0 fully saturated rings. The Hall–Kier alpha value is -0.950. The molecule has 0 bridgehead atoms. The third kappa shape index (κ3) is 2.55. The Morgan fingerprint density at radius 1 is 1.80 bits per heavy atom. The normalized spacial score (nSPS) is 15.0. The van der Waals surface area contributed by atoms with E-state index < -0.39 is 0 Å². The minimum Gasteiger partial charge on any atom is -0.103 e. The van der Waals surface area contributed by atoms with E-state index in [4.69, 9.17) is 5.53 Å². The highest BCUT2D eigenvalue weighted by atomic mass is 15.1. The SMILES string of the molecule is C=C[C@H](C)[C@@H](CC)N=[N+]=[N-]. The van der Waals surface area contributed by atoms with Gasteiger partial charge in [0.1, 0.15) is 0 Å². The maximum Gasteiger partial charge on any atom is 0.0431 e. The second-order valence-electron chi connectivity index (χ2n) is 2.28. The zero-order valence-electron chi connectivity index (χ0n) is 6.49. The van der Waals surface area contributed by atoms with Crippen molar-refractivity contribution in [3.8, 4) is 0 Å². The molecular formula is C7H13N3. The third-order valence-corrected chi connectivity index (χ3v) is 1.60. The van der Waals surface area contributed by atoms with Crippen molar-refractivity contribution in [2.75, 3.05) is 0 Å². The van der Waals surface area contributed by atoms with Crippen molar-refractivity contribution in [1.29, 1.82) is 0 Å². The molecule has 2 atom stereocenters. The molecule has 0 heterocycles. The van der Waals surface area contributed by atoms with E-state index in [1.54, 1.807) is 0 Å². The molecule has 0 spiro atoms. The molecule has 0 aromatic rings. The highest BCUT2D eigenvalue weighted by Crippen LogP contribution is 2.11. The molecule has 10 heavy (non-hydrogen) atoms. The largest absolute Gasteiger partial charge is 0.103 e. The Morgan fingerprint density at radius 2 is 2.40 bits per heavy atom. The van der Waals surface area contributed by atoms with Crippen molar-refractivity contribution in [3.63, 3.8) is 0 Å². The minimum absolute atomic E-state index is 0.0718. The summed E-state index contributed by atoms with van der Waals surface area (Å²) in [5, 5.41) is 3.62. The lowest BCUT2D eigenvalue weighted by molar-refractivity contribution is 0.523. The van der Waals surface area contributed by atoms with Crippen LogP contribution < -0.4 is 0 Å². The summed E-state index contributed by atoms with van der Waals surface area (Å²) in [7, 11) is 0. The summed E-state index contributed by atoms with van der Waals surface area (Å²) in [6.45, 7) is 7.62. The molecule has 0 radical (unpaired) electrons. The van der Waals surface area contributed by atoms with Crippen LogP contribution in [-0.4, -0.2) is 6.04 Å². The number of hydrogen-bond acceptors (Lipinski definition) is 1. The van der Waals surface area contributed by atoms with Gasteiger partial charge < -0.3 is 0 Å². The molecular weight excluding hydrogens is 126 g/mol. The number of hydrogen-bond donors (Lipinski definition) is 0. The highest BCUT2D eigenvalue weighted by Gasteiger charge is 2.08. The van der Waals surface area contributed by atoms with Crippen LogP contribution in [0.15, 0.2) is 17.8 Å². The van der Waals surface area contributed by atoms with E-state index in [1.165, 1.54) is 0 Å². The van der Waals surface area contributed by atoms with Crippen molar-refractivity contribution >= 4 is 0 Å². The molecule has 0 saturated carbocycles. The second-order valence-corrected chi connectivity index (χ2v) is 2.28. The van der Waals surface area contributed by atoms with Gasteiger partial charge in [-0.05, 0) is 17.9 Å². The Bertz CT molecular complexity index is 147. The number of nitrogens with zero attached hydrogens (tertiary/aromatic N) is 3. The zero-order valence-corrected chi connectivity index (χ0v) is 6.49. The Labute approximate surface area is 61.4 Å². The van der Waals surface area contributed by atoms with Crippen LogP contribution in [0, 0.1) is 5.92 Å². The van der Waals surface area contributed by atoms with E-state index in [0.717, 1.165) is 6.42 Å². The lowest BCUT2D eigenvalue weighted by Crippen LogP contribution is -2.10. The van der Waals surface area contributed by atoms with Gasteiger partial charge >= 0.3 is 0 Å². The quantitative estimate of drug-likeness (QED) is 0.249. The fourth-order valence-electron chi connectivity index (χ4n) is 0.782. The molecule has 0 saturated heterocycles. The van der Waals surface area contributed by atoms with Crippen LogP contribution in [0.25, 0.3) is 10.4 Å². The van der Waals surface area contributed by atoms with Gasteiger partial charge in [0, 0.05) is 11.0 Å². The molecule has 0 rings (SSSR count). The highest BCUT2D eigenvalue weighted by molar-refractivity contribution is 4.84. The van der Waals surface area contributed by atoms with Crippen molar-refractivity contribution in [3.05, 3.63) is 23.1 Å². The first-order chi connectivity index (χ1) is 4.76. The smallest absolute Gasteiger partial charge is 0.0431 e. The van der Waals surface area contributed by atoms with Gasteiger partial charge in [-0.15, -0.1) is 6.58 Å². The average Bonchev–Trinajstić information content (AvgIpc) is 1.99. The summed E-state index contributed by atoms with van der Waals surface area (Å²) in [6, 6.07) is 0.0718. The van der Waals surface area contributed by atoms with Gasteiger partial charge in [0.25, 0.3) is 0 Å². The number of azide groups is 1. The average molecular weight is 139 g/mol. The summed E-state index contributed by atoms with van der Waals surface area (Å²) in [4.78, 5) is 2.75. The summed E-state index contributed by atoms with van der Waals surface area (Å²) < 4.78 is 0. The molecule has 0 aromatic heterocycles. The predicted octanol–water partition coefficient (Wildman–Crippen LogP) is 2.90. The first-order valence-electron chi connectivity index (χ1n) is 3.43. The van der Waals surface area contributed by atoms with Gasteiger partial charge in [-0.25, -0.2) is 0 Å². The molecule has 0 aliphatic carbocycles. The van der Waals surface area contributed by atoms with Crippen LogP contribution in [0.2, 0.25) is 0 Å². The molecule has 0 unspecified atom stereocenters. The zero-order chi connectivity index (χ0) is 7.98. The van der Waals surface area contributed by atoms with E-state index >= 15 is 0 Å². The fourth-order valence-corrected chi connectivity index (χ4v) is 0.782. The van der Waals surface area contributed by atoms with Crippen LogP contribution in [0.1, 0.15) is 20.3 Å². The molecule has 3 heteroatoms. The van der Waals surface area contributed by atoms with Crippen LogP contribution in [-0.2, 0) is 0 Å². The van der Waals surface area contributed by atoms with E-state index in [0.29, 0.717) is 0 Å². The van der Waals surface area contributed by atoms with Gasteiger partial charge in [-0.3, -0.25) is 0 Å². The number of rotatable bonds is 4. The topological polar surface area (TPSA) is 48.8 Å². The Kier molecular flexibility index (Phi) is 4.42. The van der Waals surface area contributed by atoms with Gasteiger partial charge in [0.2, 0.25) is 0 Å². The van der Waals surface area contributed by atoms with Crippen LogP contribution >= 0.6 is 0 Å². The third-order valence-electron chi connectivity index (χ3n) is 1.60. The first kappa shape index (κ1) is 9.05. The van der Waals surface area contributed by atoms with Crippen LogP contribution in [0.3, 0.4) is 0 Å². The lowest BCUT2D eigenvalue weighted by atomic mass is 10.0. The first-order valence-corrected chi connectivity index (χ1v) is 3.43. The monoisotopic (exact) mass is 139 g/mol. The van der Waals surface area contributed by atoms with Crippen LogP contribution in [0.5, 0.6) is 0 Å². The molecule has 0 aliphatic heterocycles. The summed E-state index contributed by atoms with van der Waals surface area (Å²) in [5.41, 5.74) is 8.14. The van der Waals surface area contributed by atoms with Gasteiger partial charge in [-0.1, -0.05) is 25.0 Å². The van der Waals surface area contributed by atoms with Crippen LogP contribution in [0.4, 0.5) is 0 Å². The summed E-state index contributed by atoms with van der Waals surface area (Å²) >= 11 is 0. The molecule has 0 aromatic carbocycles. The Balaban J connectivity index is 4.04. The summed E-state index contributed by atoms with van der Waals surface area (Å²) in [5.74, 6) is 0.279. The standard InChI is InChI=1S/C7H13N3/c1-4-6(3)7(5-2)9-10-8/h4,6-7H,1,5H2,2-3H3/t6-,7+/m0/s1. The van der Waals surface area contributed by atoms with Crippen molar-refractivity contribution in [2.24, 2.45) is 11.0 Å². The van der Waals surface area contributed by atoms with E-state index in [2.05, 4.69) is 16.6 Å². The van der Waals surface area contributed by atoms with Gasteiger partial charge in [0.05, 0.1) is 0 Å². The van der Waals surface area contributed by atoms with Gasteiger partial charge in [-0.2, -0.15) is 0 Å². The molecule has 0 aliphatic rings. The van der Waals surface area contributed by atoms with Crippen molar-refractivity contribution in [1.82, 2.24) is 0 Å². The molecule has 56 valence electrons.